The summed E-state index contributed by atoms with van der Waals surface area (Å²) in [4.78, 5) is 0. The molecule has 2 unspecified atom stereocenters. The number of hydrogen-bond donors (Lipinski definition) is 2. The van der Waals surface area contributed by atoms with Crippen LogP contribution in [0.5, 0.6) is 0 Å². The molecular weight excluding hydrogens is 258 g/mol. The second-order valence-corrected chi connectivity index (χ2v) is 5.40. The van der Waals surface area contributed by atoms with Crippen LogP contribution >= 0.6 is 0 Å². The molecule has 0 aliphatic rings. The van der Waals surface area contributed by atoms with Gasteiger partial charge in [0.2, 0.25) is 0 Å². The summed E-state index contributed by atoms with van der Waals surface area (Å²) in [7, 11) is 0. The maximum absolute atomic E-state index is 10.5. The van der Waals surface area contributed by atoms with Crippen molar-refractivity contribution in [3.63, 3.8) is 0 Å². The van der Waals surface area contributed by atoms with Crippen molar-refractivity contribution in [2.75, 3.05) is 6.54 Å². The normalized spacial score (nSPS) is 13.9. The van der Waals surface area contributed by atoms with E-state index in [0.717, 1.165) is 24.9 Å². The summed E-state index contributed by atoms with van der Waals surface area (Å²) in [6.45, 7) is 5.19. The van der Waals surface area contributed by atoms with Crippen LogP contribution in [0.3, 0.4) is 0 Å². The molecular formula is C19H25NO. The molecule has 0 bridgehead atoms. The maximum Gasteiger partial charge on any atom is 0.0942 e. The fraction of sp³-hybridized carbons (Fsp3) is 0.368. The first-order valence-corrected chi connectivity index (χ1v) is 7.83. The molecule has 0 aliphatic heterocycles. The number of nitrogens with one attached hydrogen (secondary N) is 1. The van der Waals surface area contributed by atoms with Crippen LogP contribution in [0.25, 0.3) is 11.1 Å². The van der Waals surface area contributed by atoms with E-state index in [9.17, 15) is 5.11 Å². The molecule has 2 heteroatoms. The van der Waals surface area contributed by atoms with Crippen LogP contribution in [-0.2, 0) is 0 Å². The van der Waals surface area contributed by atoms with Gasteiger partial charge in [0.25, 0.3) is 0 Å². The van der Waals surface area contributed by atoms with E-state index in [1.165, 1.54) is 11.1 Å². The highest BCUT2D eigenvalue weighted by Gasteiger charge is 2.18. The van der Waals surface area contributed by atoms with Crippen molar-refractivity contribution in [3.8, 4) is 11.1 Å². The topological polar surface area (TPSA) is 32.3 Å². The number of benzene rings is 2. The average molecular weight is 283 g/mol. The van der Waals surface area contributed by atoms with E-state index < -0.39 is 6.10 Å². The fourth-order valence-corrected chi connectivity index (χ4v) is 2.54. The minimum absolute atomic E-state index is 0.118. The zero-order chi connectivity index (χ0) is 15.1. The lowest BCUT2D eigenvalue weighted by atomic mass is 9.97. The molecule has 2 aromatic rings. The number of hydrogen-bond acceptors (Lipinski definition) is 2. The summed E-state index contributed by atoms with van der Waals surface area (Å²) in [6, 6.07) is 18.7. The molecule has 0 amide bonds. The minimum Gasteiger partial charge on any atom is -0.387 e. The fourth-order valence-electron chi connectivity index (χ4n) is 2.54. The molecule has 0 saturated carbocycles. The quantitative estimate of drug-likeness (QED) is 0.799. The van der Waals surface area contributed by atoms with Crippen LogP contribution in [-0.4, -0.2) is 17.7 Å². The summed E-state index contributed by atoms with van der Waals surface area (Å²) >= 11 is 0. The molecule has 2 N–H and O–H groups in total. The molecule has 0 heterocycles. The van der Waals surface area contributed by atoms with E-state index in [4.69, 9.17) is 0 Å². The summed E-state index contributed by atoms with van der Waals surface area (Å²) < 4.78 is 0. The predicted molar refractivity (Wildman–Crippen MR) is 89.2 cm³/mol. The van der Waals surface area contributed by atoms with Gasteiger partial charge >= 0.3 is 0 Å². The van der Waals surface area contributed by atoms with Gasteiger partial charge in [-0.2, -0.15) is 0 Å². The summed E-state index contributed by atoms with van der Waals surface area (Å²) in [5.74, 6) is 0. The van der Waals surface area contributed by atoms with Crippen molar-refractivity contribution < 1.29 is 5.11 Å². The Morgan fingerprint density at radius 2 is 1.52 bits per heavy atom. The van der Waals surface area contributed by atoms with Crippen molar-refractivity contribution in [2.24, 2.45) is 0 Å². The van der Waals surface area contributed by atoms with Crippen LogP contribution in [0.2, 0.25) is 0 Å². The smallest absolute Gasteiger partial charge is 0.0942 e. The first-order valence-electron chi connectivity index (χ1n) is 7.83. The lowest BCUT2D eigenvalue weighted by molar-refractivity contribution is 0.126. The van der Waals surface area contributed by atoms with E-state index in [1.54, 1.807) is 0 Å². The Balaban J connectivity index is 2.10. The van der Waals surface area contributed by atoms with E-state index in [1.807, 2.05) is 30.3 Å². The van der Waals surface area contributed by atoms with Gasteiger partial charge in [-0.05, 0) is 36.1 Å². The predicted octanol–water partition coefficient (Wildman–Crippen LogP) is 4.17. The van der Waals surface area contributed by atoms with Gasteiger partial charge in [0, 0.05) is 6.04 Å². The van der Waals surface area contributed by atoms with Gasteiger partial charge in [-0.3, -0.25) is 0 Å². The van der Waals surface area contributed by atoms with Gasteiger partial charge in [-0.25, -0.2) is 0 Å². The van der Waals surface area contributed by atoms with Gasteiger partial charge in [-0.15, -0.1) is 0 Å². The Morgan fingerprint density at radius 3 is 2.10 bits per heavy atom. The average Bonchev–Trinajstić information content (AvgIpc) is 2.56. The largest absolute Gasteiger partial charge is 0.387 e. The van der Waals surface area contributed by atoms with Gasteiger partial charge in [0.05, 0.1) is 6.10 Å². The van der Waals surface area contributed by atoms with Crippen LogP contribution in [0.1, 0.15) is 38.4 Å². The molecule has 0 aliphatic carbocycles. The Morgan fingerprint density at radius 1 is 0.905 bits per heavy atom. The molecule has 0 radical (unpaired) electrons. The zero-order valence-electron chi connectivity index (χ0n) is 12.9. The lowest BCUT2D eigenvalue weighted by Gasteiger charge is -2.23. The van der Waals surface area contributed by atoms with Crippen LogP contribution in [0, 0.1) is 0 Å². The number of rotatable bonds is 7. The molecule has 0 fully saturated rings. The maximum atomic E-state index is 10.5. The molecule has 2 atom stereocenters. The number of aliphatic hydroxyl groups excluding tert-OH is 1. The standard InChI is InChI=1S/C19H25NO/c1-3-14-20-18(4-2)19(21)17-12-10-16(11-13-17)15-8-6-5-7-9-15/h5-13,18-21H,3-4,14H2,1-2H3. The van der Waals surface area contributed by atoms with Crippen molar-refractivity contribution in [3.05, 3.63) is 60.2 Å². The summed E-state index contributed by atoms with van der Waals surface area (Å²) in [6.07, 6.45) is 1.55. The van der Waals surface area contributed by atoms with Crippen molar-refractivity contribution in [2.45, 2.75) is 38.8 Å². The Bertz CT molecular complexity index is 521. The van der Waals surface area contributed by atoms with Crippen LogP contribution in [0.15, 0.2) is 54.6 Å². The van der Waals surface area contributed by atoms with E-state index in [0.29, 0.717) is 0 Å². The van der Waals surface area contributed by atoms with Crippen molar-refractivity contribution in [1.29, 1.82) is 0 Å². The molecule has 0 aromatic heterocycles. The third-order valence-corrected chi connectivity index (χ3v) is 3.84. The van der Waals surface area contributed by atoms with E-state index in [-0.39, 0.29) is 6.04 Å². The Hall–Kier alpha value is -1.64. The molecule has 2 nitrogen and oxygen atoms in total. The molecule has 0 saturated heterocycles. The van der Waals surface area contributed by atoms with Gasteiger partial charge < -0.3 is 10.4 Å². The lowest BCUT2D eigenvalue weighted by Crippen LogP contribution is -2.34. The van der Waals surface area contributed by atoms with Gasteiger partial charge in [-0.1, -0.05) is 68.4 Å². The monoisotopic (exact) mass is 283 g/mol. The third-order valence-electron chi connectivity index (χ3n) is 3.84. The Kier molecular flexibility index (Phi) is 5.97. The van der Waals surface area contributed by atoms with Crippen molar-refractivity contribution >= 4 is 0 Å². The van der Waals surface area contributed by atoms with Gasteiger partial charge in [0.1, 0.15) is 0 Å². The minimum atomic E-state index is -0.452. The molecule has 0 spiro atoms. The summed E-state index contributed by atoms with van der Waals surface area (Å²) in [5.41, 5.74) is 3.36. The highest BCUT2D eigenvalue weighted by Crippen LogP contribution is 2.24. The van der Waals surface area contributed by atoms with Crippen LogP contribution in [0.4, 0.5) is 0 Å². The highest BCUT2D eigenvalue weighted by atomic mass is 16.3. The second kappa shape index (κ2) is 7.96. The van der Waals surface area contributed by atoms with E-state index >= 15 is 0 Å². The zero-order valence-corrected chi connectivity index (χ0v) is 12.9. The van der Waals surface area contributed by atoms with Gasteiger partial charge in [0.15, 0.2) is 0 Å². The SMILES string of the molecule is CCCNC(CC)C(O)c1ccc(-c2ccccc2)cc1. The van der Waals surface area contributed by atoms with Crippen molar-refractivity contribution in [1.82, 2.24) is 5.32 Å². The van der Waals surface area contributed by atoms with Crippen LogP contribution < -0.4 is 5.32 Å². The number of aliphatic hydroxyl groups is 1. The molecule has 21 heavy (non-hydrogen) atoms. The first-order chi connectivity index (χ1) is 10.3. The van der Waals surface area contributed by atoms with E-state index in [2.05, 4.69) is 43.4 Å². The molecule has 2 aromatic carbocycles. The third kappa shape index (κ3) is 4.16. The molecule has 112 valence electrons. The highest BCUT2D eigenvalue weighted by molar-refractivity contribution is 5.63. The second-order valence-electron chi connectivity index (χ2n) is 5.40. The molecule has 2 rings (SSSR count). The first kappa shape index (κ1) is 15.7. The Labute approximate surface area is 127 Å². The summed E-state index contributed by atoms with van der Waals surface area (Å²) in [5, 5.41) is 13.9.